The van der Waals surface area contributed by atoms with E-state index in [9.17, 15) is 9.59 Å². The van der Waals surface area contributed by atoms with Gasteiger partial charge in [0.15, 0.2) is 0 Å². The summed E-state index contributed by atoms with van der Waals surface area (Å²) in [6.45, 7) is 3.12. The smallest absolute Gasteiger partial charge is 0.338 e. The number of imidazole rings is 4. The summed E-state index contributed by atoms with van der Waals surface area (Å²) in [5, 5.41) is 12.1. The number of hydrogen-bond acceptors (Lipinski definition) is 9. The van der Waals surface area contributed by atoms with Crippen LogP contribution < -0.4 is 5.73 Å². The van der Waals surface area contributed by atoms with Crippen molar-refractivity contribution in [3.63, 3.8) is 0 Å². The number of carboxylic acid groups (broad SMARTS) is 1. The predicted octanol–water partition coefficient (Wildman–Crippen LogP) is 5.48. The van der Waals surface area contributed by atoms with E-state index in [0.717, 1.165) is 28.1 Å². The molecule has 0 radical (unpaired) electrons. The molecule has 0 fully saturated rings. The summed E-state index contributed by atoms with van der Waals surface area (Å²) < 4.78 is 12.3. The number of ether oxygens (including phenoxy) is 1. The first-order chi connectivity index (χ1) is 24.4. The van der Waals surface area contributed by atoms with Crippen molar-refractivity contribution in [3.8, 4) is 0 Å². The van der Waals surface area contributed by atoms with Gasteiger partial charge in [-0.2, -0.15) is 0 Å². The molecule has 252 valence electrons. The first kappa shape index (κ1) is 34.3. The normalized spacial score (nSPS) is 10.3. The first-order valence-electron chi connectivity index (χ1n) is 15.2. The Morgan fingerprint density at radius 3 is 1.64 bits per heavy atom. The molecule has 16 heteroatoms. The lowest BCUT2D eigenvalue weighted by Gasteiger charge is -2.01. The molecule has 8 heterocycles. The number of aromatic carboxylic acids is 1. The Labute approximate surface area is 284 Å². The number of rotatable bonds is 6. The summed E-state index contributed by atoms with van der Waals surface area (Å²) in [5.41, 5.74) is 19.7. The number of carboxylic acids is 1. The van der Waals surface area contributed by atoms with Gasteiger partial charge in [0, 0.05) is 85.8 Å². The van der Waals surface area contributed by atoms with E-state index < -0.39 is 5.97 Å². The van der Waals surface area contributed by atoms with Gasteiger partial charge in [0.1, 0.15) is 22.6 Å². The Bertz CT molecular complexity index is 2400. The highest BCUT2D eigenvalue weighted by Crippen LogP contribution is 2.08. The van der Waals surface area contributed by atoms with Crippen molar-refractivity contribution in [1.82, 2.24) is 37.5 Å². The zero-order chi connectivity index (χ0) is 35.3. The lowest BCUT2D eigenvalue weighted by Crippen LogP contribution is -2.04. The standard InChI is InChI=1S/C10H10N2O2.C8H7N5.C8H9N3.C8H6N2O2/c1-2-14-10(13)8-3-5-12-6-4-11-9(12)7-8;9-12-11-6-7-1-3-13-4-2-10-8(13)5-7;9-6-7-1-3-11-4-2-10-8(11)5-7;11-8(12)6-1-3-10-4-2-9-7(10)5-6/h3-7H,2H2,1H3;1-5H,6H2;1-5H,6,9H2;1-5H,(H,11,12). The van der Waals surface area contributed by atoms with E-state index in [-0.39, 0.29) is 11.5 Å². The van der Waals surface area contributed by atoms with Crippen LogP contribution in [-0.2, 0) is 17.8 Å². The molecule has 0 amide bonds. The van der Waals surface area contributed by atoms with E-state index >= 15 is 0 Å². The third-order valence-corrected chi connectivity index (χ3v) is 7.03. The Morgan fingerprint density at radius 2 is 1.16 bits per heavy atom. The van der Waals surface area contributed by atoms with Crippen LogP contribution in [0.1, 0.15) is 38.8 Å². The molecule has 16 nitrogen and oxygen atoms in total. The first-order valence-corrected chi connectivity index (χ1v) is 15.2. The van der Waals surface area contributed by atoms with Gasteiger partial charge in [-0.1, -0.05) is 5.11 Å². The van der Waals surface area contributed by atoms with E-state index in [1.165, 1.54) is 12.1 Å². The molecule has 0 aliphatic rings. The van der Waals surface area contributed by atoms with Crippen molar-refractivity contribution in [2.75, 3.05) is 6.61 Å². The lowest BCUT2D eigenvalue weighted by molar-refractivity contribution is 0.0525. The van der Waals surface area contributed by atoms with Crippen LogP contribution in [0.2, 0.25) is 0 Å². The van der Waals surface area contributed by atoms with Gasteiger partial charge in [-0.25, -0.2) is 29.5 Å². The Hall–Kier alpha value is -7.03. The number of hydrogen-bond donors (Lipinski definition) is 2. The van der Waals surface area contributed by atoms with Crippen LogP contribution in [0.25, 0.3) is 33.0 Å². The molecule has 8 aromatic heterocycles. The van der Waals surface area contributed by atoms with Crippen LogP contribution in [0.15, 0.2) is 128 Å². The fourth-order valence-electron chi connectivity index (χ4n) is 4.54. The maximum atomic E-state index is 11.4. The fraction of sp³-hybridized carbons (Fsp3) is 0.118. The van der Waals surface area contributed by atoms with E-state index in [2.05, 4.69) is 30.0 Å². The highest BCUT2D eigenvalue weighted by Gasteiger charge is 2.07. The molecule has 0 aliphatic heterocycles. The van der Waals surface area contributed by atoms with E-state index in [4.69, 9.17) is 21.1 Å². The van der Waals surface area contributed by atoms with Gasteiger partial charge in [-0.15, -0.1) is 0 Å². The second kappa shape index (κ2) is 16.7. The molecule has 8 rings (SSSR count). The minimum absolute atomic E-state index is 0.258. The van der Waals surface area contributed by atoms with E-state index in [1.807, 2.05) is 68.5 Å². The third kappa shape index (κ3) is 8.86. The molecule has 0 aliphatic carbocycles. The minimum atomic E-state index is -0.930. The monoisotopic (exact) mass is 672 g/mol. The Morgan fingerprint density at radius 1 is 0.720 bits per heavy atom. The predicted molar refractivity (Wildman–Crippen MR) is 184 cm³/mol. The molecular formula is C34H32N12O4. The Balaban J connectivity index is 0.000000130. The van der Waals surface area contributed by atoms with Crippen molar-refractivity contribution < 1.29 is 19.4 Å². The third-order valence-electron chi connectivity index (χ3n) is 7.03. The molecule has 0 aromatic carbocycles. The van der Waals surface area contributed by atoms with Crippen molar-refractivity contribution in [2.24, 2.45) is 10.8 Å². The number of fused-ring (bicyclic) bond motifs is 4. The van der Waals surface area contributed by atoms with Crippen molar-refractivity contribution in [2.45, 2.75) is 20.0 Å². The zero-order valence-electron chi connectivity index (χ0n) is 26.8. The highest BCUT2D eigenvalue weighted by atomic mass is 16.5. The highest BCUT2D eigenvalue weighted by molar-refractivity contribution is 5.90. The summed E-state index contributed by atoms with van der Waals surface area (Å²) in [6.07, 6.45) is 21.5. The molecular weight excluding hydrogens is 640 g/mol. The van der Waals surface area contributed by atoms with Gasteiger partial charge in [-0.05, 0) is 72.1 Å². The van der Waals surface area contributed by atoms with Crippen LogP contribution in [-0.4, -0.2) is 61.2 Å². The second-order valence-corrected chi connectivity index (χ2v) is 10.3. The number of azide groups is 1. The maximum Gasteiger partial charge on any atom is 0.338 e. The molecule has 0 saturated heterocycles. The molecule has 0 atom stereocenters. The minimum Gasteiger partial charge on any atom is -0.478 e. The average molecular weight is 673 g/mol. The number of nitrogens with zero attached hydrogens (tertiary/aromatic N) is 11. The molecule has 0 spiro atoms. The number of nitrogens with two attached hydrogens (primary N) is 1. The van der Waals surface area contributed by atoms with Crippen LogP contribution in [0.5, 0.6) is 0 Å². The Kier molecular flexibility index (Phi) is 11.5. The van der Waals surface area contributed by atoms with Crippen LogP contribution >= 0.6 is 0 Å². The molecule has 0 unspecified atom stereocenters. The molecule has 3 N–H and O–H groups in total. The quantitative estimate of drug-likeness (QED) is 0.0990. The van der Waals surface area contributed by atoms with E-state index in [0.29, 0.717) is 30.9 Å². The number of aromatic nitrogens is 8. The summed E-state index contributed by atoms with van der Waals surface area (Å²) in [4.78, 5) is 40.9. The molecule has 0 saturated carbocycles. The maximum absolute atomic E-state index is 11.4. The number of carbonyl (C=O) groups excluding carboxylic acids is 1. The molecule has 50 heavy (non-hydrogen) atoms. The van der Waals surface area contributed by atoms with E-state index in [1.54, 1.807) is 66.8 Å². The fourth-order valence-corrected chi connectivity index (χ4v) is 4.54. The zero-order valence-corrected chi connectivity index (χ0v) is 26.8. The summed E-state index contributed by atoms with van der Waals surface area (Å²) in [5.74, 6) is -1.24. The lowest BCUT2D eigenvalue weighted by atomic mass is 10.3. The van der Waals surface area contributed by atoms with Gasteiger partial charge in [-0.3, -0.25) is 0 Å². The topological polar surface area (TPSA) is 208 Å². The second-order valence-electron chi connectivity index (χ2n) is 10.3. The van der Waals surface area contributed by atoms with Gasteiger partial charge >= 0.3 is 11.9 Å². The van der Waals surface area contributed by atoms with Crippen LogP contribution in [0.3, 0.4) is 0 Å². The van der Waals surface area contributed by atoms with Crippen molar-refractivity contribution >= 4 is 34.5 Å². The number of esters is 1. The van der Waals surface area contributed by atoms with Crippen LogP contribution in [0, 0.1) is 0 Å². The summed E-state index contributed by atoms with van der Waals surface area (Å²) >= 11 is 0. The number of carbonyl (C=O) groups is 2. The van der Waals surface area contributed by atoms with Gasteiger partial charge in [0.05, 0.1) is 24.3 Å². The SMILES string of the molecule is CCOC(=O)c1ccn2ccnc2c1.NCc1ccn2ccnc2c1.O=C(O)c1ccn2ccnc2c1.[N-]=[N+]=NCc1ccn2ccnc2c1. The number of pyridine rings is 4. The van der Waals surface area contributed by atoms with Gasteiger partial charge in [0.2, 0.25) is 0 Å². The van der Waals surface area contributed by atoms with Crippen molar-refractivity contribution in [1.29, 1.82) is 0 Å². The summed E-state index contributed by atoms with van der Waals surface area (Å²) in [6, 6.07) is 14.3. The van der Waals surface area contributed by atoms with Gasteiger partial charge in [0.25, 0.3) is 0 Å². The molecule has 0 bridgehead atoms. The average Bonchev–Trinajstić information content (AvgIpc) is 3.97. The van der Waals surface area contributed by atoms with Crippen LogP contribution in [0.4, 0.5) is 0 Å². The molecule has 8 aromatic rings. The largest absolute Gasteiger partial charge is 0.478 e. The van der Waals surface area contributed by atoms with Gasteiger partial charge < -0.3 is 33.2 Å². The summed E-state index contributed by atoms with van der Waals surface area (Å²) in [7, 11) is 0. The van der Waals surface area contributed by atoms with Crippen molar-refractivity contribution in [3.05, 3.63) is 156 Å².